The van der Waals surface area contributed by atoms with E-state index in [1.807, 2.05) is 0 Å². The molecule has 4 N–H and O–H groups in total. The van der Waals surface area contributed by atoms with Crippen LogP contribution in [-0.2, 0) is 28.5 Å². The highest BCUT2D eigenvalue weighted by atomic mass is 16.7. The maximum atomic E-state index is 12.8. The minimum atomic E-state index is -1.61. The van der Waals surface area contributed by atoms with Gasteiger partial charge in [0.15, 0.2) is 12.4 Å². The van der Waals surface area contributed by atoms with Crippen molar-refractivity contribution in [1.29, 1.82) is 0 Å². The average molecular weight is 831 g/mol. The highest BCUT2D eigenvalue weighted by molar-refractivity contribution is 5.70. The molecular weight excluding hydrogens is 749 g/mol. The summed E-state index contributed by atoms with van der Waals surface area (Å²) in [6, 6.07) is 0. The first-order valence-corrected chi connectivity index (χ1v) is 23.0. The van der Waals surface area contributed by atoms with Crippen LogP contribution in [-0.4, -0.2) is 89.0 Å². The number of aliphatic hydroxyl groups excluding tert-OH is 4. The van der Waals surface area contributed by atoms with Crippen molar-refractivity contribution < 1.29 is 49.0 Å². The minimum absolute atomic E-state index is 0.195. The van der Waals surface area contributed by atoms with Gasteiger partial charge in [-0.2, -0.15) is 0 Å². The Balaban J connectivity index is 2.37. The maximum Gasteiger partial charge on any atom is 0.306 e. The Hall–Kier alpha value is -2.86. The summed E-state index contributed by atoms with van der Waals surface area (Å²) in [5.74, 6) is -0.863. The number of unbranched alkanes of at least 4 members (excludes halogenated alkanes) is 14. The largest absolute Gasteiger partial charge is 0.462 e. The number of aliphatic hydroxyl groups is 4. The summed E-state index contributed by atoms with van der Waals surface area (Å²) in [5.41, 5.74) is 0. The molecule has 0 amide bonds. The molecule has 1 aliphatic rings. The lowest BCUT2D eigenvalue weighted by molar-refractivity contribution is -0.305. The number of rotatable bonds is 37. The topological polar surface area (TPSA) is 152 Å². The zero-order valence-corrected chi connectivity index (χ0v) is 36.7. The van der Waals surface area contributed by atoms with E-state index in [1.54, 1.807) is 0 Å². The number of esters is 2. The van der Waals surface area contributed by atoms with E-state index in [2.05, 4.69) is 86.8 Å². The second-order valence-electron chi connectivity index (χ2n) is 15.5. The number of allylic oxidation sites excluding steroid dienone is 12. The van der Waals surface area contributed by atoms with Gasteiger partial charge in [-0.1, -0.05) is 138 Å². The summed E-state index contributed by atoms with van der Waals surface area (Å²) < 4.78 is 22.1. The molecule has 0 radical (unpaired) electrons. The van der Waals surface area contributed by atoms with Gasteiger partial charge in [-0.05, 0) is 89.9 Å². The molecule has 0 aliphatic carbocycles. The van der Waals surface area contributed by atoms with Crippen LogP contribution in [0.1, 0.15) is 168 Å². The Morgan fingerprint density at radius 1 is 0.525 bits per heavy atom. The van der Waals surface area contributed by atoms with E-state index in [-0.39, 0.29) is 26.1 Å². The van der Waals surface area contributed by atoms with E-state index in [4.69, 9.17) is 18.9 Å². The summed E-state index contributed by atoms with van der Waals surface area (Å²) in [6.45, 7) is 3.31. The highest BCUT2D eigenvalue weighted by Crippen LogP contribution is 2.22. The molecule has 338 valence electrons. The van der Waals surface area contributed by atoms with Crippen LogP contribution >= 0.6 is 0 Å². The molecule has 0 bridgehead atoms. The Morgan fingerprint density at radius 2 is 0.949 bits per heavy atom. The normalized spacial score (nSPS) is 20.7. The van der Waals surface area contributed by atoms with Crippen LogP contribution < -0.4 is 0 Å². The van der Waals surface area contributed by atoms with Crippen LogP contribution in [0.25, 0.3) is 0 Å². The highest BCUT2D eigenvalue weighted by Gasteiger charge is 2.44. The second-order valence-corrected chi connectivity index (χ2v) is 15.5. The first-order valence-electron chi connectivity index (χ1n) is 23.0. The van der Waals surface area contributed by atoms with Crippen molar-refractivity contribution in [3.05, 3.63) is 72.9 Å². The number of hydrogen-bond donors (Lipinski definition) is 4. The molecule has 0 saturated carbocycles. The third-order valence-electron chi connectivity index (χ3n) is 10.1. The van der Waals surface area contributed by atoms with Crippen molar-refractivity contribution in [2.75, 3.05) is 19.8 Å². The van der Waals surface area contributed by atoms with Crippen LogP contribution in [0.4, 0.5) is 0 Å². The number of carbonyl (C=O) groups excluding carboxylic acids is 2. The molecule has 6 atom stereocenters. The molecule has 0 aromatic rings. The summed E-state index contributed by atoms with van der Waals surface area (Å²) in [5, 5.41) is 40.1. The van der Waals surface area contributed by atoms with Gasteiger partial charge in [0, 0.05) is 12.8 Å². The molecule has 1 fully saturated rings. The summed E-state index contributed by atoms with van der Waals surface area (Å²) in [6.07, 6.45) is 41.8. The molecule has 0 aromatic carbocycles. The zero-order valence-electron chi connectivity index (χ0n) is 36.7. The lowest BCUT2D eigenvalue weighted by atomic mass is 9.99. The van der Waals surface area contributed by atoms with E-state index in [0.717, 1.165) is 77.0 Å². The third-order valence-corrected chi connectivity index (χ3v) is 10.1. The fourth-order valence-corrected chi connectivity index (χ4v) is 6.38. The van der Waals surface area contributed by atoms with Gasteiger partial charge in [-0.15, -0.1) is 0 Å². The quantitative estimate of drug-likeness (QED) is 0.0271. The Morgan fingerprint density at radius 3 is 1.41 bits per heavy atom. The van der Waals surface area contributed by atoms with Gasteiger partial charge in [-0.25, -0.2) is 0 Å². The van der Waals surface area contributed by atoms with Crippen molar-refractivity contribution in [2.24, 2.45) is 0 Å². The lowest BCUT2D eigenvalue weighted by Crippen LogP contribution is -2.59. The Kier molecular flexibility index (Phi) is 36.1. The van der Waals surface area contributed by atoms with Gasteiger partial charge < -0.3 is 39.4 Å². The van der Waals surface area contributed by atoms with Gasteiger partial charge in [0.2, 0.25) is 0 Å². The van der Waals surface area contributed by atoms with Crippen LogP contribution in [0.5, 0.6) is 0 Å². The predicted molar refractivity (Wildman–Crippen MR) is 238 cm³/mol. The minimum Gasteiger partial charge on any atom is -0.462 e. The Labute approximate surface area is 357 Å². The summed E-state index contributed by atoms with van der Waals surface area (Å²) >= 11 is 0. The van der Waals surface area contributed by atoms with Gasteiger partial charge in [0.05, 0.1) is 13.2 Å². The summed E-state index contributed by atoms with van der Waals surface area (Å²) in [7, 11) is 0. The average Bonchev–Trinajstić information content (AvgIpc) is 3.23. The van der Waals surface area contributed by atoms with E-state index in [0.29, 0.717) is 12.8 Å². The van der Waals surface area contributed by atoms with Crippen LogP contribution in [0.15, 0.2) is 72.9 Å². The molecule has 1 heterocycles. The van der Waals surface area contributed by atoms with Crippen LogP contribution in [0.2, 0.25) is 0 Å². The number of hydrogen-bond acceptors (Lipinski definition) is 10. The second kappa shape index (κ2) is 39.3. The standard InChI is InChI=1S/C49H82O10/c1-3-5-7-9-11-13-15-17-19-21-23-25-27-29-31-33-35-37-44(51)56-40-42(41-57-49-48(55)47(54)46(53)43(39-50)59-49)58-45(52)38-36-34-32-30-28-26-24-22-20-18-16-14-12-10-8-6-4-2/h11-14,17-20,23-26,42-43,46-50,53-55H,3-10,15-16,21-22,27-41H2,1-2H3/b13-11+,14-12+,19-17+,20-18+,25-23+,26-24+/t42-,43-,46+,47?,48?,49-/m0/s1. The van der Waals surface area contributed by atoms with E-state index in [1.165, 1.54) is 51.4 Å². The first-order chi connectivity index (χ1) is 28.8. The van der Waals surface area contributed by atoms with Crippen molar-refractivity contribution in [3.8, 4) is 0 Å². The molecule has 1 rings (SSSR count). The number of ether oxygens (including phenoxy) is 4. The van der Waals surface area contributed by atoms with Gasteiger partial charge in [0.25, 0.3) is 0 Å². The van der Waals surface area contributed by atoms with Gasteiger partial charge in [0.1, 0.15) is 31.0 Å². The fourth-order valence-electron chi connectivity index (χ4n) is 6.38. The molecule has 1 saturated heterocycles. The first kappa shape index (κ1) is 54.2. The molecular formula is C49H82O10. The molecule has 2 unspecified atom stereocenters. The number of carbonyl (C=O) groups is 2. The Bertz CT molecular complexity index is 1190. The molecule has 59 heavy (non-hydrogen) atoms. The van der Waals surface area contributed by atoms with E-state index >= 15 is 0 Å². The molecule has 0 aromatic heterocycles. The van der Waals surface area contributed by atoms with Crippen molar-refractivity contribution >= 4 is 11.9 Å². The SMILES string of the molecule is CCCCC/C=C/C/C=C/C/C=C/CCCCCCC(=O)OC[C@@H](CO[C@H]1O[C@@H](CO)[C@@H](O)C(O)C1O)OC(=O)CCCCCC/C=C/C/C=C/C/C=C/CCCCC. The van der Waals surface area contributed by atoms with Gasteiger partial charge >= 0.3 is 11.9 Å². The maximum absolute atomic E-state index is 12.8. The van der Waals surface area contributed by atoms with Crippen LogP contribution in [0, 0.1) is 0 Å². The molecule has 10 heteroatoms. The van der Waals surface area contributed by atoms with Crippen molar-refractivity contribution in [3.63, 3.8) is 0 Å². The van der Waals surface area contributed by atoms with Crippen molar-refractivity contribution in [1.82, 2.24) is 0 Å². The summed E-state index contributed by atoms with van der Waals surface area (Å²) in [4.78, 5) is 25.3. The van der Waals surface area contributed by atoms with Gasteiger partial charge in [-0.3, -0.25) is 9.59 Å². The smallest absolute Gasteiger partial charge is 0.306 e. The van der Waals surface area contributed by atoms with E-state index < -0.39 is 55.4 Å². The molecule has 10 nitrogen and oxygen atoms in total. The molecule has 0 spiro atoms. The van der Waals surface area contributed by atoms with Crippen LogP contribution in [0.3, 0.4) is 0 Å². The monoisotopic (exact) mass is 831 g/mol. The predicted octanol–water partition coefficient (Wildman–Crippen LogP) is 10.00. The van der Waals surface area contributed by atoms with Crippen molar-refractivity contribution in [2.45, 2.75) is 205 Å². The lowest BCUT2D eigenvalue weighted by Gasteiger charge is -2.39. The van der Waals surface area contributed by atoms with E-state index in [9.17, 15) is 30.0 Å². The third kappa shape index (κ3) is 30.8. The fraction of sp³-hybridized carbons (Fsp3) is 0.714. The molecule has 1 aliphatic heterocycles. The zero-order chi connectivity index (χ0) is 43.0.